The average molecular weight is 847 g/mol. The molecular formula is C32H21BBrCl6O2Pd+. The molecule has 0 bridgehead atoms. The fourth-order valence-corrected chi connectivity index (χ4v) is 5.06. The Bertz CT molecular complexity index is 1710. The second kappa shape index (κ2) is 18.6. The second-order valence-corrected chi connectivity index (χ2v) is 13.4. The molecule has 11 heteroatoms. The van der Waals surface area contributed by atoms with Crippen molar-refractivity contribution in [2.45, 2.75) is 0 Å². The van der Waals surface area contributed by atoms with Crippen LogP contribution in [0.4, 0.5) is 0 Å². The van der Waals surface area contributed by atoms with Crippen molar-refractivity contribution in [1.82, 2.24) is 0 Å². The number of benzene rings is 5. The number of hydrogen-bond acceptors (Lipinski definition) is 2. The second-order valence-electron chi connectivity index (χ2n) is 8.65. The van der Waals surface area contributed by atoms with Crippen molar-refractivity contribution in [3.63, 3.8) is 0 Å². The quantitative estimate of drug-likeness (QED) is 0.106. The predicted molar refractivity (Wildman–Crippen MR) is 188 cm³/mol. The van der Waals surface area contributed by atoms with E-state index in [1.165, 1.54) is 10.8 Å². The maximum atomic E-state index is 8.93. The molecule has 1 aliphatic rings. The van der Waals surface area contributed by atoms with Gasteiger partial charge in [-0.25, -0.2) is 0 Å². The van der Waals surface area contributed by atoms with Crippen molar-refractivity contribution in [3.05, 3.63) is 145 Å². The fourth-order valence-electron chi connectivity index (χ4n) is 3.87. The van der Waals surface area contributed by atoms with Crippen LogP contribution in [0.15, 0.2) is 108 Å². The molecule has 0 spiro atoms. The summed E-state index contributed by atoms with van der Waals surface area (Å²) in [4.78, 5) is 0. The molecule has 5 aromatic carbocycles. The molecule has 6 rings (SSSR count). The Hall–Kier alpha value is -1.38. The molecule has 1 aliphatic carbocycles. The molecule has 0 unspecified atom stereocenters. The normalized spacial score (nSPS) is 10.7. The van der Waals surface area contributed by atoms with Gasteiger partial charge in [0.05, 0.1) is 37.3 Å². The van der Waals surface area contributed by atoms with Crippen LogP contribution >= 0.6 is 81.4 Å². The predicted octanol–water partition coefficient (Wildman–Crippen LogP) is 11.2. The van der Waals surface area contributed by atoms with Crippen LogP contribution in [0.3, 0.4) is 0 Å². The van der Waals surface area contributed by atoms with Crippen LogP contribution in [0, 0.1) is 6.08 Å². The topological polar surface area (TPSA) is 40.5 Å². The van der Waals surface area contributed by atoms with Crippen LogP contribution < -0.4 is 5.46 Å². The summed E-state index contributed by atoms with van der Waals surface area (Å²) < 4.78 is 0.830. The van der Waals surface area contributed by atoms with Crippen molar-refractivity contribution in [2.75, 3.05) is 0 Å². The van der Waals surface area contributed by atoms with E-state index in [1.807, 2.05) is 60.7 Å². The zero-order valence-electron chi connectivity index (χ0n) is 21.9. The summed E-state index contributed by atoms with van der Waals surface area (Å²) in [5.41, 5.74) is 4.60. The van der Waals surface area contributed by atoms with E-state index in [0.717, 1.165) is 26.7 Å². The minimum atomic E-state index is -1.40. The molecule has 0 saturated heterocycles. The third-order valence-electron chi connectivity index (χ3n) is 5.92. The molecule has 0 fully saturated rings. The Morgan fingerprint density at radius 2 is 1.33 bits per heavy atom. The number of allylic oxidation sites excluding steroid dienone is 2. The van der Waals surface area contributed by atoms with E-state index in [4.69, 9.17) is 75.5 Å². The molecule has 0 saturated carbocycles. The van der Waals surface area contributed by atoms with E-state index in [0.29, 0.717) is 25.6 Å². The van der Waals surface area contributed by atoms with Gasteiger partial charge in [-0.15, -0.1) is 0 Å². The van der Waals surface area contributed by atoms with Crippen molar-refractivity contribution < 1.29 is 26.0 Å². The molecule has 0 radical (unpaired) electrons. The monoisotopic (exact) mass is 843 g/mol. The molecule has 222 valence electrons. The molecular weight excluding hydrogens is 826 g/mol. The van der Waals surface area contributed by atoms with Crippen LogP contribution in [-0.4, -0.2) is 17.2 Å². The Morgan fingerprint density at radius 1 is 0.674 bits per heavy atom. The average Bonchev–Trinajstić information content (AvgIpc) is 3.02. The van der Waals surface area contributed by atoms with Crippen LogP contribution in [0.2, 0.25) is 20.1 Å². The summed E-state index contributed by atoms with van der Waals surface area (Å²) in [5, 5.41) is 22.6. The van der Waals surface area contributed by atoms with Crippen molar-refractivity contribution >= 4 is 117 Å². The van der Waals surface area contributed by atoms with E-state index in [-0.39, 0.29) is 15.9 Å². The molecule has 5 aromatic rings. The fraction of sp³-hybridized carbons (Fsp3) is 0. The first-order chi connectivity index (χ1) is 20.7. The summed E-state index contributed by atoms with van der Waals surface area (Å²) in [7, 11) is 8.23. The van der Waals surface area contributed by atoms with Crippen LogP contribution in [0.5, 0.6) is 0 Å². The van der Waals surface area contributed by atoms with Gasteiger partial charge in [0.1, 0.15) is 12.2 Å². The van der Waals surface area contributed by atoms with Gasteiger partial charge in [-0.3, -0.25) is 0 Å². The Labute approximate surface area is 296 Å². The minimum absolute atomic E-state index is 0.106. The van der Waals surface area contributed by atoms with Crippen molar-refractivity contribution in [1.29, 1.82) is 0 Å². The third-order valence-corrected chi connectivity index (χ3v) is 8.45. The van der Waals surface area contributed by atoms with E-state index >= 15 is 0 Å². The molecule has 2 nitrogen and oxygen atoms in total. The molecule has 2 N–H and O–H groups in total. The van der Waals surface area contributed by atoms with Gasteiger partial charge in [0.25, 0.3) is 0 Å². The first-order valence-electron chi connectivity index (χ1n) is 12.3. The summed E-state index contributed by atoms with van der Waals surface area (Å²) >= 11 is 26.8. The zero-order chi connectivity index (χ0) is 31.4. The Balaban J connectivity index is 0.000000178. The van der Waals surface area contributed by atoms with E-state index in [9.17, 15) is 0 Å². The molecule has 0 aromatic heterocycles. The van der Waals surface area contributed by atoms with E-state index < -0.39 is 7.12 Å². The van der Waals surface area contributed by atoms with Gasteiger partial charge in [-0.2, -0.15) is 0 Å². The number of halogens is 7. The SMILES string of the molecule is Clc1cccc(-c2ccc3ccccc3c2)c1Cl.Clc1cccc(Br)c1Cl.OB(O)c1ccc2c(c1)C=[C+]C=C2.[Cl][Pd][Cl]. The van der Waals surface area contributed by atoms with Crippen LogP contribution in [-0.2, 0) is 15.9 Å². The van der Waals surface area contributed by atoms with Gasteiger partial charge < -0.3 is 10.0 Å². The maximum absolute atomic E-state index is 8.93. The third kappa shape index (κ3) is 10.9. The number of hydrogen-bond donors (Lipinski definition) is 2. The van der Waals surface area contributed by atoms with Crippen LogP contribution in [0.1, 0.15) is 11.1 Å². The van der Waals surface area contributed by atoms with Crippen molar-refractivity contribution in [3.8, 4) is 11.1 Å². The first-order valence-corrected chi connectivity index (χ1v) is 18.6. The molecule has 0 atom stereocenters. The van der Waals surface area contributed by atoms with Gasteiger partial charge in [0.15, 0.2) is 0 Å². The van der Waals surface area contributed by atoms with Gasteiger partial charge in [0.2, 0.25) is 0 Å². The van der Waals surface area contributed by atoms with Gasteiger partial charge >= 0.3 is 42.1 Å². The van der Waals surface area contributed by atoms with Gasteiger partial charge in [-0.05, 0) is 68.1 Å². The first kappa shape index (κ1) is 36.1. The number of fused-ring (bicyclic) bond motifs is 2. The number of rotatable bonds is 2. The standard InChI is InChI=1S/C16H10Cl2.C10H8BO2.C6H3BrCl2.2ClH.Pd/c17-15-7-3-6-14(16(15)18)13-9-8-11-4-1-2-5-12(11)10-13;12-11(13)10-6-5-8-3-1-2-4-9(8)7-10;7-4-2-1-3-5(8)6(4)9;;;/h1-10H;1,3-7,12-13H;1-3H;2*1H;/q;+1;;;;+2/p-2. The zero-order valence-corrected chi connectivity index (χ0v) is 29.6. The van der Waals surface area contributed by atoms with Crippen LogP contribution in [0.25, 0.3) is 34.1 Å². The molecule has 43 heavy (non-hydrogen) atoms. The summed E-state index contributed by atoms with van der Waals surface area (Å²) in [6.07, 6.45) is 8.52. The van der Waals surface area contributed by atoms with Gasteiger partial charge in [0, 0.05) is 22.2 Å². The summed E-state index contributed by atoms with van der Waals surface area (Å²) in [6.45, 7) is 0. The molecule has 0 amide bonds. The summed E-state index contributed by atoms with van der Waals surface area (Å²) in [6, 6.07) is 31.0. The van der Waals surface area contributed by atoms with E-state index in [2.05, 4.69) is 52.3 Å². The molecule has 0 aliphatic heterocycles. The Kier molecular flexibility index (Phi) is 15.6. The Morgan fingerprint density at radius 3 is 1.98 bits per heavy atom. The van der Waals surface area contributed by atoms with Gasteiger partial charge in [-0.1, -0.05) is 107 Å². The molecule has 0 heterocycles. The summed E-state index contributed by atoms with van der Waals surface area (Å²) in [5.74, 6) is 0. The van der Waals surface area contributed by atoms with Crippen molar-refractivity contribution in [2.24, 2.45) is 0 Å². The van der Waals surface area contributed by atoms with E-state index in [1.54, 1.807) is 24.3 Å².